The van der Waals surface area contributed by atoms with Gasteiger partial charge in [-0.15, -0.1) is 0 Å². The second-order valence-electron chi connectivity index (χ2n) is 5.91. The fraction of sp³-hybridized carbons (Fsp3) is 0.200. The highest BCUT2D eigenvalue weighted by atomic mass is 32.2. The predicted octanol–water partition coefficient (Wildman–Crippen LogP) is 3.82. The number of fused-ring (bicyclic) bond motifs is 1. The Balaban J connectivity index is 1.96. The Bertz CT molecular complexity index is 857. The van der Waals surface area contributed by atoms with Crippen molar-refractivity contribution in [1.29, 1.82) is 0 Å². The standard InChI is InChI=1S/C20H17NO2S/c1-2-21-16(22)12-24-20(21)18-17(13-8-4-3-5-9-13)14-10-6-7-11-15(14)19(18)23/h3-11,17H,2,12H2,1H3/b20-18+. The summed E-state index contributed by atoms with van der Waals surface area (Å²) in [6.45, 7) is 2.55. The van der Waals surface area contributed by atoms with Gasteiger partial charge in [-0.05, 0) is 18.1 Å². The average molecular weight is 335 g/mol. The van der Waals surface area contributed by atoms with Crippen LogP contribution in [0, 0.1) is 0 Å². The van der Waals surface area contributed by atoms with Crippen LogP contribution in [0.5, 0.6) is 0 Å². The van der Waals surface area contributed by atoms with Gasteiger partial charge in [0.15, 0.2) is 5.78 Å². The van der Waals surface area contributed by atoms with Gasteiger partial charge in [-0.3, -0.25) is 9.59 Å². The summed E-state index contributed by atoms with van der Waals surface area (Å²) in [5, 5.41) is 0.831. The number of amides is 1. The molecule has 1 amide bonds. The van der Waals surface area contributed by atoms with Gasteiger partial charge in [0.05, 0.1) is 10.8 Å². The topological polar surface area (TPSA) is 37.4 Å². The minimum atomic E-state index is -0.0997. The largest absolute Gasteiger partial charge is 0.306 e. The Morgan fingerprint density at radius 3 is 2.50 bits per heavy atom. The van der Waals surface area contributed by atoms with E-state index in [2.05, 4.69) is 12.1 Å². The van der Waals surface area contributed by atoms with Crippen molar-refractivity contribution in [3.63, 3.8) is 0 Å². The Kier molecular flexibility index (Phi) is 3.77. The molecule has 1 aliphatic carbocycles. The molecule has 120 valence electrons. The normalized spacial score (nSPS) is 23.0. The molecule has 2 aromatic carbocycles. The van der Waals surface area contributed by atoms with Crippen LogP contribution >= 0.6 is 11.8 Å². The second kappa shape index (κ2) is 5.95. The minimum absolute atomic E-state index is 0.0510. The van der Waals surface area contributed by atoms with Gasteiger partial charge in [-0.25, -0.2) is 0 Å². The number of rotatable bonds is 2. The summed E-state index contributed by atoms with van der Waals surface area (Å²) in [6.07, 6.45) is 0. The molecule has 1 saturated heterocycles. The number of nitrogens with zero attached hydrogens (tertiary/aromatic N) is 1. The van der Waals surface area contributed by atoms with Crippen LogP contribution < -0.4 is 0 Å². The zero-order valence-corrected chi connectivity index (χ0v) is 14.2. The van der Waals surface area contributed by atoms with Crippen LogP contribution in [0.2, 0.25) is 0 Å². The quantitative estimate of drug-likeness (QED) is 0.783. The van der Waals surface area contributed by atoms with Gasteiger partial charge in [0, 0.05) is 23.6 Å². The van der Waals surface area contributed by atoms with Crippen molar-refractivity contribution >= 4 is 23.5 Å². The first-order valence-electron chi connectivity index (χ1n) is 8.08. The molecule has 4 heteroatoms. The highest BCUT2D eigenvalue weighted by molar-refractivity contribution is 8.04. The molecule has 0 spiro atoms. The number of carbonyl (C=O) groups is 2. The van der Waals surface area contributed by atoms with Gasteiger partial charge in [0.1, 0.15) is 0 Å². The fourth-order valence-corrected chi connectivity index (χ4v) is 4.71. The molecule has 1 aliphatic heterocycles. The van der Waals surface area contributed by atoms with E-state index in [0.29, 0.717) is 12.3 Å². The first kappa shape index (κ1) is 15.2. The highest BCUT2D eigenvalue weighted by Gasteiger charge is 2.41. The van der Waals surface area contributed by atoms with E-state index in [1.54, 1.807) is 4.90 Å². The maximum atomic E-state index is 13.1. The molecule has 24 heavy (non-hydrogen) atoms. The summed E-state index contributed by atoms with van der Waals surface area (Å²) < 4.78 is 0. The van der Waals surface area contributed by atoms with Crippen LogP contribution in [0.15, 0.2) is 65.2 Å². The summed E-state index contributed by atoms with van der Waals surface area (Å²) >= 11 is 1.49. The smallest absolute Gasteiger partial charge is 0.237 e. The van der Waals surface area contributed by atoms with Gasteiger partial charge in [-0.2, -0.15) is 0 Å². The number of allylic oxidation sites excluding steroid dienone is 1. The molecule has 1 unspecified atom stereocenters. The van der Waals surface area contributed by atoms with Crippen LogP contribution in [-0.2, 0) is 4.79 Å². The number of ketones is 1. The molecule has 0 N–H and O–H groups in total. The molecule has 3 nitrogen and oxygen atoms in total. The average Bonchev–Trinajstić information content (AvgIpc) is 3.13. The van der Waals surface area contributed by atoms with Crippen molar-refractivity contribution in [2.75, 3.05) is 12.3 Å². The molecule has 1 fully saturated rings. The van der Waals surface area contributed by atoms with E-state index in [9.17, 15) is 9.59 Å². The van der Waals surface area contributed by atoms with Crippen LogP contribution in [0.3, 0.4) is 0 Å². The first-order valence-corrected chi connectivity index (χ1v) is 9.06. The van der Waals surface area contributed by atoms with E-state index in [1.807, 2.05) is 49.4 Å². The molecule has 0 radical (unpaired) electrons. The molecular formula is C20H17NO2S. The molecule has 0 aromatic heterocycles. The van der Waals surface area contributed by atoms with E-state index >= 15 is 0 Å². The zero-order chi connectivity index (χ0) is 16.7. The summed E-state index contributed by atoms with van der Waals surface area (Å²) in [5.41, 5.74) is 3.63. The molecule has 0 saturated carbocycles. The van der Waals surface area contributed by atoms with Crippen molar-refractivity contribution in [1.82, 2.24) is 4.90 Å². The van der Waals surface area contributed by atoms with Gasteiger partial charge in [0.2, 0.25) is 5.91 Å². The lowest BCUT2D eigenvalue weighted by atomic mass is 9.90. The molecule has 2 aromatic rings. The lowest BCUT2D eigenvalue weighted by Gasteiger charge is -2.20. The number of Topliss-reactive ketones (excluding diaryl/α,β-unsaturated/α-hetero) is 1. The molecule has 4 rings (SSSR count). The maximum absolute atomic E-state index is 13.1. The monoisotopic (exact) mass is 335 g/mol. The predicted molar refractivity (Wildman–Crippen MR) is 95.9 cm³/mol. The van der Waals surface area contributed by atoms with Crippen molar-refractivity contribution in [3.8, 4) is 0 Å². The van der Waals surface area contributed by atoms with Crippen LogP contribution in [0.1, 0.15) is 34.3 Å². The molecular weight excluding hydrogens is 318 g/mol. The van der Waals surface area contributed by atoms with Crippen LogP contribution in [0.4, 0.5) is 0 Å². The Hall–Kier alpha value is -2.33. The first-order chi connectivity index (χ1) is 11.7. The van der Waals surface area contributed by atoms with E-state index in [-0.39, 0.29) is 17.6 Å². The van der Waals surface area contributed by atoms with Crippen molar-refractivity contribution in [2.45, 2.75) is 12.8 Å². The van der Waals surface area contributed by atoms with Gasteiger partial charge in [0.25, 0.3) is 0 Å². The van der Waals surface area contributed by atoms with E-state index < -0.39 is 0 Å². The summed E-state index contributed by atoms with van der Waals surface area (Å²) in [7, 11) is 0. The Morgan fingerprint density at radius 2 is 1.75 bits per heavy atom. The summed E-state index contributed by atoms with van der Waals surface area (Å²) in [5.74, 6) is 0.450. The van der Waals surface area contributed by atoms with E-state index in [1.165, 1.54) is 11.8 Å². The number of hydrogen-bond donors (Lipinski definition) is 0. The lowest BCUT2D eigenvalue weighted by Crippen LogP contribution is -2.26. The van der Waals surface area contributed by atoms with E-state index in [4.69, 9.17) is 0 Å². The second-order valence-corrected chi connectivity index (χ2v) is 6.87. The zero-order valence-electron chi connectivity index (χ0n) is 13.4. The lowest BCUT2D eigenvalue weighted by molar-refractivity contribution is -0.125. The molecule has 1 atom stereocenters. The molecule has 0 bridgehead atoms. The van der Waals surface area contributed by atoms with Crippen LogP contribution in [-0.4, -0.2) is 28.9 Å². The number of thioether (sulfide) groups is 1. The van der Waals surface area contributed by atoms with Gasteiger partial charge >= 0.3 is 0 Å². The van der Waals surface area contributed by atoms with Gasteiger partial charge in [-0.1, -0.05) is 66.4 Å². The summed E-state index contributed by atoms with van der Waals surface area (Å²) in [6, 6.07) is 17.9. The number of carbonyl (C=O) groups excluding carboxylic acids is 2. The molecule has 1 heterocycles. The fourth-order valence-electron chi connectivity index (χ4n) is 3.54. The van der Waals surface area contributed by atoms with Gasteiger partial charge < -0.3 is 4.90 Å². The number of hydrogen-bond acceptors (Lipinski definition) is 3. The third kappa shape index (κ3) is 2.21. The van der Waals surface area contributed by atoms with Crippen molar-refractivity contribution in [2.24, 2.45) is 0 Å². The third-order valence-corrected chi connectivity index (χ3v) is 5.71. The molecule has 2 aliphatic rings. The van der Waals surface area contributed by atoms with Crippen molar-refractivity contribution in [3.05, 3.63) is 81.9 Å². The Labute approximate surface area is 145 Å². The maximum Gasteiger partial charge on any atom is 0.237 e. The third-order valence-electron chi connectivity index (χ3n) is 4.61. The number of benzene rings is 2. The Morgan fingerprint density at radius 1 is 1.04 bits per heavy atom. The summed E-state index contributed by atoms with van der Waals surface area (Å²) in [4.78, 5) is 27.0. The SMILES string of the molecule is CCN1C(=O)CS/C1=C1/C(=O)c2ccccc2C1c1ccccc1. The minimum Gasteiger partial charge on any atom is -0.306 e. The van der Waals surface area contributed by atoms with Crippen molar-refractivity contribution < 1.29 is 9.59 Å². The van der Waals surface area contributed by atoms with E-state index in [0.717, 1.165) is 27.3 Å². The highest BCUT2D eigenvalue weighted by Crippen LogP contribution is 2.47. The van der Waals surface area contributed by atoms with Crippen LogP contribution in [0.25, 0.3) is 0 Å².